The molecule has 0 aliphatic carbocycles. The molecule has 2 aromatic rings. The molecule has 1 amide bonds. The third-order valence-electron chi connectivity index (χ3n) is 4.30. The molecule has 0 saturated heterocycles. The highest BCUT2D eigenvalue weighted by atomic mass is 32.2. The SMILES string of the molecule is Cc1cccc(C)c1OCCSCC(=O)N1CCc2ccccc21. The van der Waals surface area contributed by atoms with E-state index in [1.807, 2.05) is 29.2 Å². The summed E-state index contributed by atoms with van der Waals surface area (Å²) in [7, 11) is 0. The lowest BCUT2D eigenvalue weighted by Gasteiger charge is -2.17. The van der Waals surface area contributed by atoms with Gasteiger partial charge in [0, 0.05) is 18.0 Å². The van der Waals surface area contributed by atoms with Crippen molar-refractivity contribution in [3.05, 3.63) is 59.2 Å². The van der Waals surface area contributed by atoms with Crippen LogP contribution in [0.25, 0.3) is 0 Å². The first kappa shape index (κ1) is 16.9. The Balaban J connectivity index is 1.44. The summed E-state index contributed by atoms with van der Waals surface area (Å²) in [5.41, 5.74) is 4.67. The third-order valence-corrected chi connectivity index (χ3v) is 5.20. The summed E-state index contributed by atoms with van der Waals surface area (Å²) in [6, 6.07) is 14.3. The molecule has 1 aliphatic heterocycles. The van der Waals surface area contributed by atoms with Gasteiger partial charge in [-0.1, -0.05) is 36.4 Å². The number of anilines is 1. The molecule has 24 heavy (non-hydrogen) atoms. The minimum atomic E-state index is 0.192. The number of ether oxygens (including phenoxy) is 1. The second-order valence-electron chi connectivity index (χ2n) is 6.05. The van der Waals surface area contributed by atoms with Gasteiger partial charge in [-0.25, -0.2) is 0 Å². The first-order valence-electron chi connectivity index (χ1n) is 8.32. The van der Waals surface area contributed by atoms with Gasteiger partial charge in [0.25, 0.3) is 0 Å². The normalized spacial score (nSPS) is 13.0. The highest BCUT2D eigenvalue weighted by Crippen LogP contribution is 2.28. The van der Waals surface area contributed by atoms with Gasteiger partial charge < -0.3 is 9.64 Å². The molecule has 0 N–H and O–H groups in total. The Labute approximate surface area is 148 Å². The second-order valence-corrected chi connectivity index (χ2v) is 7.15. The molecule has 1 aliphatic rings. The van der Waals surface area contributed by atoms with Crippen LogP contribution >= 0.6 is 11.8 Å². The number of para-hydroxylation sites is 2. The summed E-state index contributed by atoms with van der Waals surface area (Å²) < 4.78 is 5.89. The molecule has 1 heterocycles. The molecule has 3 nitrogen and oxygen atoms in total. The van der Waals surface area contributed by atoms with E-state index in [4.69, 9.17) is 4.74 Å². The first-order valence-corrected chi connectivity index (χ1v) is 9.47. The Kier molecular flexibility index (Phi) is 5.46. The largest absolute Gasteiger partial charge is 0.492 e. The maximum Gasteiger partial charge on any atom is 0.236 e. The molecule has 0 saturated carbocycles. The fraction of sp³-hybridized carbons (Fsp3) is 0.350. The summed E-state index contributed by atoms with van der Waals surface area (Å²) in [5.74, 6) is 2.48. The van der Waals surface area contributed by atoms with Gasteiger partial charge in [-0.2, -0.15) is 0 Å². The van der Waals surface area contributed by atoms with Crippen LogP contribution in [0.3, 0.4) is 0 Å². The molecule has 2 aromatic carbocycles. The number of hydrogen-bond acceptors (Lipinski definition) is 3. The quantitative estimate of drug-likeness (QED) is 0.744. The minimum Gasteiger partial charge on any atom is -0.492 e. The van der Waals surface area contributed by atoms with E-state index in [-0.39, 0.29) is 5.91 Å². The fourth-order valence-electron chi connectivity index (χ4n) is 3.06. The molecule has 0 radical (unpaired) electrons. The molecule has 0 aromatic heterocycles. The van der Waals surface area contributed by atoms with E-state index in [9.17, 15) is 4.79 Å². The van der Waals surface area contributed by atoms with Crippen molar-refractivity contribution in [1.82, 2.24) is 0 Å². The van der Waals surface area contributed by atoms with Crippen LogP contribution in [0.2, 0.25) is 0 Å². The number of amides is 1. The Morgan fingerprint density at radius 3 is 2.67 bits per heavy atom. The van der Waals surface area contributed by atoms with Crippen LogP contribution < -0.4 is 9.64 Å². The van der Waals surface area contributed by atoms with Gasteiger partial charge in [-0.05, 0) is 43.0 Å². The monoisotopic (exact) mass is 341 g/mol. The predicted octanol–water partition coefficient (Wildman–Crippen LogP) is 4.00. The number of hydrogen-bond donors (Lipinski definition) is 0. The van der Waals surface area contributed by atoms with Crippen molar-refractivity contribution >= 4 is 23.4 Å². The number of fused-ring (bicyclic) bond motifs is 1. The molecule has 3 rings (SSSR count). The molecule has 0 atom stereocenters. The van der Waals surface area contributed by atoms with Gasteiger partial charge in [0.2, 0.25) is 5.91 Å². The lowest BCUT2D eigenvalue weighted by molar-refractivity contribution is -0.116. The van der Waals surface area contributed by atoms with Gasteiger partial charge in [0.1, 0.15) is 5.75 Å². The molecule has 0 bridgehead atoms. The average Bonchev–Trinajstić information content (AvgIpc) is 3.01. The van der Waals surface area contributed by atoms with Crippen LogP contribution in [0, 0.1) is 13.8 Å². The molecule has 126 valence electrons. The van der Waals surface area contributed by atoms with E-state index in [1.165, 1.54) is 5.56 Å². The zero-order chi connectivity index (χ0) is 16.9. The molecule has 0 unspecified atom stereocenters. The molecular formula is C20H23NO2S. The van der Waals surface area contributed by atoms with E-state index < -0.39 is 0 Å². The van der Waals surface area contributed by atoms with Crippen LogP contribution in [0.15, 0.2) is 42.5 Å². The molecule has 4 heteroatoms. The Morgan fingerprint density at radius 2 is 1.88 bits per heavy atom. The number of benzene rings is 2. The van der Waals surface area contributed by atoms with Crippen molar-refractivity contribution < 1.29 is 9.53 Å². The van der Waals surface area contributed by atoms with E-state index in [0.29, 0.717) is 12.4 Å². The zero-order valence-electron chi connectivity index (χ0n) is 14.2. The number of carbonyl (C=O) groups is 1. The second kappa shape index (κ2) is 7.75. The minimum absolute atomic E-state index is 0.192. The van der Waals surface area contributed by atoms with Crippen LogP contribution in [-0.4, -0.2) is 30.6 Å². The maximum atomic E-state index is 12.4. The first-order chi connectivity index (χ1) is 11.7. The summed E-state index contributed by atoms with van der Waals surface area (Å²) >= 11 is 1.64. The molecule has 0 fully saturated rings. The van der Waals surface area contributed by atoms with Crippen LogP contribution in [0.5, 0.6) is 5.75 Å². The molecular weight excluding hydrogens is 318 g/mol. The van der Waals surface area contributed by atoms with Crippen LogP contribution in [-0.2, 0) is 11.2 Å². The highest BCUT2D eigenvalue weighted by Gasteiger charge is 2.23. The average molecular weight is 341 g/mol. The van der Waals surface area contributed by atoms with Crippen molar-refractivity contribution in [2.45, 2.75) is 20.3 Å². The maximum absolute atomic E-state index is 12.4. The Hall–Kier alpha value is -1.94. The van der Waals surface area contributed by atoms with Crippen molar-refractivity contribution in [1.29, 1.82) is 0 Å². The van der Waals surface area contributed by atoms with E-state index in [2.05, 4.69) is 32.0 Å². The summed E-state index contributed by atoms with van der Waals surface area (Å²) in [5, 5.41) is 0. The van der Waals surface area contributed by atoms with Crippen LogP contribution in [0.1, 0.15) is 16.7 Å². The number of carbonyl (C=O) groups excluding carboxylic acids is 1. The van der Waals surface area contributed by atoms with E-state index in [1.54, 1.807) is 11.8 Å². The lowest BCUT2D eigenvalue weighted by Crippen LogP contribution is -2.30. The number of rotatable bonds is 6. The van der Waals surface area contributed by atoms with Crippen molar-refractivity contribution in [3.8, 4) is 5.75 Å². The van der Waals surface area contributed by atoms with Gasteiger partial charge >= 0.3 is 0 Å². The van der Waals surface area contributed by atoms with E-state index in [0.717, 1.165) is 41.3 Å². The zero-order valence-corrected chi connectivity index (χ0v) is 15.1. The summed E-state index contributed by atoms with van der Waals surface area (Å²) in [6.07, 6.45) is 0.961. The smallest absolute Gasteiger partial charge is 0.236 e. The van der Waals surface area contributed by atoms with Crippen molar-refractivity contribution in [2.24, 2.45) is 0 Å². The Bertz CT molecular complexity index is 709. The number of nitrogens with zero attached hydrogens (tertiary/aromatic N) is 1. The van der Waals surface area contributed by atoms with E-state index >= 15 is 0 Å². The third kappa shape index (κ3) is 3.75. The van der Waals surface area contributed by atoms with Gasteiger partial charge in [0.15, 0.2) is 0 Å². The number of thioether (sulfide) groups is 1. The lowest BCUT2D eigenvalue weighted by atomic mass is 10.1. The fourth-order valence-corrected chi connectivity index (χ4v) is 3.74. The van der Waals surface area contributed by atoms with Gasteiger partial charge in [0.05, 0.1) is 12.4 Å². The summed E-state index contributed by atoms with van der Waals surface area (Å²) in [4.78, 5) is 14.3. The summed E-state index contributed by atoms with van der Waals surface area (Å²) in [6.45, 7) is 5.55. The topological polar surface area (TPSA) is 29.5 Å². The van der Waals surface area contributed by atoms with Gasteiger partial charge in [-0.15, -0.1) is 11.8 Å². The van der Waals surface area contributed by atoms with Crippen molar-refractivity contribution in [2.75, 3.05) is 29.6 Å². The number of aryl methyl sites for hydroxylation is 2. The highest BCUT2D eigenvalue weighted by molar-refractivity contribution is 7.99. The standard InChI is InChI=1S/C20H23NO2S/c1-15-6-5-7-16(2)20(15)23-12-13-24-14-19(22)21-11-10-17-8-3-4-9-18(17)21/h3-9H,10-14H2,1-2H3. The Morgan fingerprint density at radius 1 is 1.12 bits per heavy atom. The molecule has 0 spiro atoms. The van der Waals surface area contributed by atoms with Crippen molar-refractivity contribution in [3.63, 3.8) is 0 Å². The van der Waals surface area contributed by atoms with Crippen LogP contribution in [0.4, 0.5) is 5.69 Å². The van der Waals surface area contributed by atoms with Gasteiger partial charge in [-0.3, -0.25) is 4.79 Å². The predicted molar refractivity (Wildman–Crippen MR) is 101 cm³/mol.